The summed E-state index contributed by atoms with van der Waals surface area (Å²) in [4.78, 5) is 22.6. The molecule has 0 spiro atoms. The summed E-state index contributed by atoms with van der Waals surface area (Å²) in [5.74, 6) is 2.62. The molecular formula is C21H28O3. The number of carbonyl (C=O) groups is 1. The van der Waals surface area contributed by atoms with Gasteiger partial charge in [0.25, 0.3) is 0 Å². The van der Waals surface area contributed by atoms with Crippen LogP contribution in [0.5, 0.6) is 0 Å². The maximum absolute atomic E-state index is 11.8. The first-order valence-corrected chi connectivity index (χ1v) is 9.68. The Kier molecular flexibility index (Phi) is 2.95. The number of ketones is 1. The minimum atomic E-state index is -0.322. The summed E-state index contributed by atoms with van der Waals surface area (Å²) in [5, 5.41) is 0. The van der Waals surface area contributed by atoms with Gasteiger partial charge in [0, 0.05) is 11.3 Å². The van der Waals surface area contributed by atoms with Gasteiger partial charge >= 0.3 is 0 Å². The van der Waals surface area contributed by atoms with E-state index in [1.165, 1.54) is 37.7 Å². The Morgan fingerprint density at radius 3 is 2.58 bits per heavy atom. The summed E-state index contributed by atoms with van der Waals surface area (Å²) in [6.07, 6.45) is 13.4. The van der Waals surface area contributed by atoms with E-state index in [0.29, 0.717) is 17.3 Å². The van der Waals surface area contributed by atoms with Crippen LogP contribution in [0, 0.1) is 34.5 Å². The van der Waals surface area contributed by atoms with Gasteiger partial charge in [0.2, 0.25) is 5.79 Å². The van der Waals surface area contributed by atoms with Gasteiger partial charge in [0.05, 0.1) is 0 Å². The number of hydrogen-bond acceptors (Lipinski definition) is 3. The van der Waals surface area contributed by atoms with Crippen LogP contribution in [0.3, 0.4) is 0 Å². The van der Waals surface area contributed by atoms with Crippen molar-refractivity contribution in [1.29, 1.82) is 0 Å². The van der Waals surface area contributed by atoms with Crippen LogP contribution < -0.4 is 0 Å². The van der Waals surface area contributed by atoms with Crippen molar-refractivity contribution in [2.24, 2.45) is 34.5 Å². The van der Waals surface area contributed by atoms with Crippen LogP contribution in [-0.2, 0) is 14.6 Å². The van der Waals surface area contributed by atoms with Gasteiger partial charge in [-0.3, -0.25) is 4.79 Å². The van der Waals surface area contributed by atoms with Gasteiger partial charge in [-0.25, -0.2) is 0 Å². The second kappa shape index (κ2) is 4.62. The van der Waals surface area contributed by atoms with E-state index in [-0.39, 0.29) is 17.0 Å². The molecule has 0 radical (unpaired) electrons. The average molecular weight is 328 g/mol. The maximum atomic E-state index is 11.8. The molecule has 130 valence electrons. The number of fused-ring (bicyclic) bond motifs is 5. The first kappa shape index (κ1) is 15.3. The van der Waals surface area contributed by atoms with E-state index in [4.69, 9.17) is 9.78 Å². The lowest BCUT2D eigenvalue weighted by molar-refractivity contribution is -0.111. The smallest absolute Gasteiger partial charge is 0.234 e. The summed E-state index contributed by atoms with van der Waals surface area (Å²) in [5.41, 5.74) is 1.83. The van der Waals surface area contributed by atoms with Gasteiger partial charge in [-0.05, 0) is 80.8 Å². The molecule has 0 bridgehead atoms. The van der Waals surface area contributed by atoms with E-state index in [0.717, 1.165) is 18.3 Å². The second-order valence-electron chi connectivity index (χ2n) is 9.46. The Balaban J connectivity index is 1.48. The zero-order valence-corrected chi connectivity index (χ0v) is 15.0. The topological polar surface area (TPSA) is 42.1 Å². The van der Waals surface area contributed by atoms with E-state index in [1.54, 1.807) is 0 Å². The van der Waals surface area contributed by atoms with Crippen LogP contribution >= 0.6 is 0 Å². The Labute approximate surface area is 144 Å². The van der Waals surface area contributed by atoms with Crippen LogP contribution in [0.25, 0.3) is 0 Å². The lowest BCUT2D eigenvalue weighted by Gasteiger charge is -2.57. The zero-order chi connectivity index (χ0) is 16.7. The fourth-order valence-electron chi connectivity index (χ4n) is 7.24. The first-order chi connectivity index (χ1) is 11.4. The maximum Gasteiger partial charge on any atom is 0.234 e. The van der Waals surface area contributed by atoms with Crippen molar-refractivity contribution in [2.45, 2.75) is 65.1 Å². The Bertz CT molecular complexity index is 658. The van der Waals surface area contributed by atoms with Crippen molar-refractivity contribution in [2.75, 3.05) is 0 Å². The SMILES string of the molecule is CC1([C@H]2CC[C@H]3[C@@H]4CCC5=CC(=O)C=C[C@]5(C)[C@H]4CC[C@]23C)OO1. The number of hydrogen-bond donors (Lipinski definition) is 0. The van der Waals surface area contributed by atoms with Gasteiger partial charge in [-0.15, -0.1) is 0 Å². The minimum absolute atomic E-state index is 0.104. The predicted molar refractivity (Wildman–Crippen MR) is 90.7 cm³/mol. The average Bonchev–Trinajstić information content (AvgIpc) is 3.17. The molecule has 4 aliphatic carbocycles. The van der Waals surface area contributed by atoms with Crippen molar-refractivity contribution in [3.05, 3.63) is 23.8 Å². The molecular weight excluding hydrogens is 300 g/mol. The monoisotopic (exact) mass is 328 g/mol. The number of carbonyl (C=O) groups excluding carboxylic acids is 1. The largest absolute Gasteiger partial charge is 0.290 e. The molecule has 6 atom stereocenters. The zero-order valence-electron chi connectivity index (χ0n) is 15.0. The van der Waals surface area contributed by atoms with Gasteiger partial charge in [0.1, 0.15) is 0 Å². The van der Waals surface area contributed by atoms with Gasteiger partial charge in [-0.2, -0.15) is 9.78 Å². The molecule has 3 nitrogen and oxygen atoms in total. The summed E-state index contributed by atoms with van der Waals surface area (Å²) in [6.45, 7) is 6.99. The molecule has 3 saturated carbocycles. The van der Waals surface area contributed by atoms with Crippen LogP contribution in [0.2, 0.25) is 0 Å². The van der Waals surface area contributed by atoms with E-state index in [1.807, 2.05) is 12.2 Å². The molecule has 4 fully saturated rings. The van der Waals surface area contributed by atoms with E-state index < -0.39 is 0 Å². The van der Waals surface area contributed by atoms with Crippen LogP contribution in [0.1, 0.15) is 59.3 Å². The van der Waals surface area contributed by atoms with Crippen molar-refractivity contribution in [3.63, 3.8) is 0 Å². The molecule has 1 saturated heterocycles. The molecule has 0 unspecified atom stereocenters. The normalized spacial score (nSPS) is 51.5. The molecule has 0 amide bonds. The fourth-order valence-corrected chi connectivity index (χ4v) is 7.24. The summed E-state index contributed by atoms with van der Waals surface area (Å²) >= 11 is 0. The molecule has 5 aliphatic rings. The van der Waals surface area contributed by atoms with Crippen LogP contribution in [0.15, 0.2) is 23.8 Å². The van der Waals surface area contributed by atoms with E-state index >= 15 is 0 Å². The molecule has 1 aliphatic heterocycles. The Morgan fingerprint density at radius 2 is 1.83 bits per heavy atom. The third-order valence-electron chi connectivity index (χ3n) is 8.54. The van der Waals surface area contributed by atoms with Crippen molar-refractivity contribution < 1.29 is 14.6 Å². The van der Waals surface area contributed by atoms with E-state index in [9.17, 15) is 4.79 Å². The van der Waals surface area contributed by atoms with Crippen LogP contribution in [-0.4, -0.2) is 11.6 Å². The lowest BCUT2D eigenvalue weighted by atomic mass is 9.47. The molecule has 0 aromatic carbocycles. The standard InChI is InChI=1S/C21H28O3/c1-19-10-8-14(22)12-13(19)4-5-15-16-6-7-18(21(3)23-24-21)20(16,2)11-9-17(15)19/h8,10,12,15-18H,4-7,9,11H2,1-3H3/t15-,16-,17-,18-,19-,20-/m0/s1. The quantitative estimate of drug-likeness (QED) is 0.522. The third kappa shape index (κ3) is 1.83. The molecule has 5 rings (SSSR count). The highest BCUT2D eigenvalue weighted by Crippen LogP contribution is 2.68. The predicted octanol–water partition coefficient (Wildman–Crippen LogP) is 4.59. The summed E-state index contributed by atoms with van der Waals surface area (Å²) in [7, 11) is 0. The first-order valence-electron chi connectivity index (χ1n) is 9.68. The highest BCUT2D eigenvalue weighted by molar-refractivity contribution is 6.01. The van der Waals surface area contributed by atoms with Crippen molar-refractivity contribution >= 4 is 5.78 Å². The second-order valence-corrected chi connectivity index (χ2v) is 9.46. The Morgan fingerprint density at radius 1 is 1.04 bits per heavy atom. The molecule has 24 heavy (non-hydrogen) atoms. The Hall–Kier alpha value is -0.930. The molecule has 0 aromatic heterocycles. The summed E-state index contributed by atoms with van der Waals surface area (Å²) in [6, 6.07) is 0. The highest BCUT2D eigenvalue weighted by atomic mass is 17.4. The summed E-state index contributed by atoms with van der Waals surface area (Å²) < 4.78 is 0. The highest BCUT2D eigenvalue weighted by Gasteiger charge is 2.66. The number of allylic oxidation sites excluding steroid dienone is 4. The van der Waals surface area contributed by atoms with Gasteiger partial charge < -0.3 is 0 Å². The number of rotatable bonds is 1. The molecule has 3 heteroatoms. The lowest BCUT2D eigenvalue weighted by Crippen LogP contribution is -2.50. The molecule has 1 heterocycles. The third-order valence-corrected chi connectivity index (χ3v) is 8.54. The van der Waals surface area contributed by atoms with Crippen molar-refractivity contribution in [3.8, 4) is 0 Å². The van der Waals surface area contributed by atoms with E-state index in [2.05, 4.69) is 26.8 Å². The van der Waals surface area contributed by atoms with Gasteiger partial charge in [0.15, 0.2) is 5.78 Å². The minimum Gasteiger partial charge on any atom is -0.290 e. The van der Waals surface area contributed by atoms with Gasteiger partial charge in [-0.1, -0.05) is 25.5 Å². The van der Waals surface area contributed by atoms with Crippen molar-refractivity contribution in [1.82, 2.24) is 0 Å². The molecule has 0 aromatic rings. The molecule has 0 N–H and O–H groups in total. The fraction of sp³-hybridized carbons (Fsp3) is 0.762. The van der Waals surface area contributed by atoms with Crippen LogP contribution in [0.4, 0.5) is 0 Å².